The molecular weight excluding hydrogens is 1790 g/mol. The molecule has 6 heterocycles. The van der Waals surface area contributed by atoms with Gasteiger partial charge in [-0.15, -0.1) is 45.3 Å². The Balaban J connectivity index is 0.000000118. The Labute approximate surface area is 877 Å². The lowest BCUT2D eigenvalue weighted by molar-refractivity contribution is 0.574. The van der Waals surface area contributed by atoms with Crippen LogP contribution in [0.1, 0.15) is 202 Å². The van der Waals surface area contributed by atoms with Gasteiger partial charge in [0, 0.05) is 108 Å². The molecule has 18 aromatic carbocycles. The van der Waals surface area contributed by atoms with Crippen molar-refractivity contribution < 1.29 is 30.8 Å². The molecule has 2 nitrogen and oxygen atoms in total. The third-order valence-electron chi connectivity index (χ3n) is 26.0. The normalized spacial score (nSPS) is 13.7. The van der Waals surface area contributed by atoms with Crippen LogP contribution in [0.15, 0.2) is 385 Å². The Morgan fingerprint density at radius 2 is 0.479 bits per heavy atom. The van der Waals surface area contributed by atoms with Crippen molar-refractivity contribution in [2.45, 2.75) is 185 Å². The van der Waals surface area contributed by atoms with Crippen LogP contribution in [0.5, 0.6) is 0 Å². The highest BCUT2D eigenvalue weighted by Gasteiger charge is 2.32. The molecule has 0 radical (unpaired) electrons. The van der Waals surface area contributed by atoms with Crippen LogP contribution in [-0.4, -0.2) is 0 Å². The van der Waals surface area contributed by atoms with Gasteiger partial charge in [-0.3, -0.25) is 0 Å². The third-order valence-corrected chi connectivity index (χ3v) is 30.7. The molecule has 0 N–H and O–H groups in total. The van der Waals surface area contributed by atoms with E-state index in [1.165, 1.54) is 114 Å². The van der Waals surface area contributed by atoms with Gasteiger partial charge in [0.15, 0.2) is 0 Å². The minimum Gasteiger partial charge on any atom is -0.456 e. The van der Waals surface area contributed by atoms with Crippen LogP contribution in [0, 0.1) is 27.7 Å². The lowest BCUT2D eigenvalue weighted by Crippen LogP contribution is -2.13. The van der Waals surface area contributed by atoms with Crippen molar-refractivity contribution in [2.75, 3.05) is 0 Å². The van der Waals surface area contributed by atoms with Gasteiger partial charge in [0.1, 0.15) is 22.3 Å². The number of rotatable bonds is 6. The Morgan fingerprint density at radius 3 is 0.866 bits per heavy atom. The first-order chi connectivity index (χ1) is 74.6. The predicted octanol–water partition coefficient (Wildman–Crippen LogP) is 42.4. The van der Waals surface area contributed by atoms with E-state index < -0.39 is 0 Å². The highest BCUT2D eigenvalue weighted by Crippen LogP contribution is 2.53. The van der Waals surface area contributed by atoms with Gasteiger partial charge in [-0.05, 0) is 215 Å². The van der Waals surface area contributed by atoms with Crippen LogP contribution in [0.3, 0.4) is 0 Å². The maximum absolute atomic E-state index is 8.63. The van der Waals surface area contributed by atoms with Crippen molar-refractivity contribution >= 4 is 170 Å². The number of furan rings is 2. The van der Waals surface area contributed by atoms with E-state index >= 15 is 0 Å². The molecule has 24 rings (SSSR count). The molecule has 0 saturated heterocycles. The van der Waals surface area contributed by atoms with Crippen LogP contribution in [0.2, 0.25) is 0 Å². The molecule has 6 heteroatoms. The summed E-state index contributed by atoms with van der Waals surface area (Å²) in [6, 6.07) is 96.2. The first-order valence-electron chi connectivity index (χ1n) is 56.7. The van der Waals surface area contributed by atoms with E-state index in [1.54, 1.807) is 50.4 Å². The first-order valence-corrected chi connectivity index (χ1v) is 52.0. The molecule has 0 bridgehead atoms. The summed E-state index contributed by atoms with van der Waals surface area (Å²) in [5.41, 5.74) is 21.3. The standard InChI is InChI=1S/2C23H22O.2C23H22S.2C22H20S/c1-15-8-7-9-16(14-15)17-12-13-19-18-10-5-6-11-20(18)24-22(19)21(17)23(2,3)4;1-15-8-7-9-16(14-15)17-12-13-20-21(22(17)23(2,3)4)18-10-5-6-11-19(18)24-20;1-15-8-7-9-16(14-15)17-12-13-19-18-10-5-6-11-20(18)24-22(19)21(17)23(2,3)4;1-15-8-7-9-16(14-15)17-12-13-20-21(22(17)23(2,3)4)18-10-5-6-11-19(18)24-20;1-22(2,3)20-16(15-9-5-4-6-10-15)13-14-18-17-11-7-8-12-19(17)23-21(18)20;1-22(2,3)21-16(15-9-5-4-6-10-15)13-14-19-20(21)17-11-7-8-12-18(17)23-19/h4*5-14H,1-4H3;2*4-14H,1-3H3/i4*7D,8D,9D,14D;;. The molecule has 0 fully saturated rings. The number of hydrogen-bond acceptors (Lipinski definition) is 6. The third kappa shape index (κ3) is 19.6. The van der Waals surface area contributed by atoms with Gasteiger partial charge >= 0.3 is 0 Å². The van der Waals surface area contributed by atoms with Gasteiger partial charge in [-0.2, -0.15) is 0 Å². The maximum Gasteiger partial charge on any atom is 0.139 e. The lowest BCUT2D eigenvalue weighted by atomic mass is 9.79. The van der Waals surface area contributed by atoms with Crippen LogP contribution in [0.4, 0.5) is 0 Å². The zero-order valence-electron chi connectivity index (χ0n) is 101. The lowest BCUT2D eigenvalue weighted by Gasteiger charge is -2.25. The highest BCUT2D eigenvalue weighted by atomic mass is 32.1. The van der Waals surface area contributed by atoms with E-state index in [9.17, 15) is 0 Å². The number of thiophene rings is 4. The zero-order valence-corrected chi connectivity index (χ0v) is 88.3. The van der Waals surface area contributed by atoms with E-state index in [1.807, 2.05) is 132 Å². The second kappa shape index (κ2) is 39.0. The summed E-state index contributed by atoms with van der Waals surface area (Å²) in [5, 5.41) is 14.4. The summed E-state index contributed by atoms with van der Waals surface area (Å²) in [6.45, 7) is 46.1. The predicted molar refractivity (Wildman–Crippen MR) is 629 cm³/mol. The largest absolute Gasteiger partial charge is 0.456 e. The fourth-order valence-electron chi connectivity index (χ4n) is 20.2. The number of para-hydroxylation sites is 2. The average molecular weight is 1940 g/mol. The fourth-order valence-corrected chi connectivity index (χ4v) is 25.4. The van der Waals surface area contributed by atoms with Gasteiger partial charge < -0.3 is 8.83 Å². The van der Waals surface area contributed by atoms with Crippen LogP contribution in [0.25, 0.3) is 191 Å². The van der Waals surface area contributed by atoms with E-state index in [-0.39, 0.29) is 129 Å². The smallest absolute Gasteiger partial charge is 0.139 e. The molecule has 0 aliphatic carbocycles. The van der Waals surface area contributed by atoms with Gasteiger partial charge in [0.2, 0.25) is 0 Å². The van der Waals surface area contributed by atoms with Gasteiger partial charge in [-0.25, -0.2) is 0 Å². The van der Waals surface area contributed by atoms with Crippen molar-refractivity contribution in [3.63, 3.8) is 0 Å². The van der Waals surface area contributed by atoms with E-state index in [2.05, 4.69) is 294 Å². The molecule has 6 aromatic heterocycles. The maximum atomic E-state index is 8.63. The first kappa shape index (κ1) is 79.1. The van der Waals surface area contributed by atoms with Crippen molar-refractivity contribution in [1.29, 1.82) is 0 Å². The number of benzene rings is 18. The Bertz CT molecular complexity index is 9340. The Hall–Kier alpha value is -13.6. The molecule has 0 aliphatic heterocycles. The van der Waals surface area contributed by atoms with E-state index in [0.29, 0.717) is 44.5 Å². The second-order valence-corrected chi connectivity index (χ2v) is 47.3. The summed E-state index contributed by atoms with van der Waals surface area (Å²) in [7, 11) is 0. The molecule has 708 valence electrons. The number of fused-ring (bicyclic) bond motifs is 18. The minimum absolute atomic E-state index is 0.0287. The molecular formula is C136H128O2S4. The number of hydrogen-bond donors (Lipinski definition) is 0. The van der Waals surface area contributed by atoms with Crippen LogP contribution >= 0.6 is 45.3 Å². The van der Waals surface area contributed by atoms with Crippen LogP contribution < -0.4 is 0 Å². The topological polar surface area (TPSA) is 26.3 Å². The van der Waals surface area contributed by atoms with Crippen LogP contribution in [-0.2, 0) is 32.5 Å². The summed E-state index contributed by atoms with van der Waals surface area (Å²) in [4.78, 5) is 0. The molecule has 0 saturated carbocycles. The fraction of sp³-hybridized carbons (Fsp3) is 0.206. The summed E-state index contributed by atoms with van der Waals surface area (Å²) >= 11 is 7.31. The molecule has 0 unspecified atom stereocenters. The monoisotopic (exact) mass is 1940 g/mol. The van der Waals surface area contributed by atoms with Crippen molar-refractivity contribution in [1.82, 2.24) is 0 Å². The molecule has 0 spiro atoms. The van der Waals surface area contributed by atoms with Gasteiger partial charge in [0.05, 0.1) is 21.9 Å². The zero-order chi connectivity index (χ0) is 114. The van der Waals surface area contributed by atoms with Crippen molar-refractivity contribution in [3.8, 4) is 66.8 Å². The second-order valence-electron chi connectivity index (χ2n) is 43.0. The quantitative estimate of drug-likeness (QED) is 0.166. The molecule has 0 atom stereocenters. The Morgan fingerprint density at radius 1 is 0.197 bits per heavy atom. The molecule has 142 heavy (non-hydrogen) atoms. The highest BCUT2D eigenvalue weighted by molar-refractivity contribution is 7.27. The van der Waals surface area contributed by atoms with Gasteiger partial charge in [-0.1, -0.05) is 462 Å². The van der Waals surface area contributed by atoms with Crippen molar-refractivity contribution in [3.05, 3.63) is 431 Å². The molecule has 0 aliphatic rings. The van der Waals surface area contributed by atoms with Crippen molar-refractivity contribution in [2.24, 2.45) is 0 Å². The van der Waals surface area contributed by atoms with E-state index in [0.717, 1.165) is 88.4 Å². The summed E-state index contributed by atoms with van der Waals surface area (Å²) in [6.07, 6.45) is 0. The molecule has 0 amide bonds. The summed E-state index contributed by atoms with van der Waals surface area (Å²) < 4.78 is 156. The van der Waals surface area contributed by atoms with Gasteiger partial charge in [0.25, 0.3) is 0 Å². The minimum atomic E-state index is -0.308. The average Bonchev–Trinajstić information content (AvgIpc) is 1.24. The Kier molecular flexibility index (Phi) is 21.7. The molecule has 24 aromatic rings. The summed E-state index contributed by atoms with van der Waals surface area (Å²) in [5.74, 6) is 0. The van der Waals surface area contributed by atoms with E-state index in [4.69, 9.17) is 30.8 Å². The SMILES string of the molecule is CC(C)(C)c1c(-c2ccccc2)ccc2c1sc1ccccc12.CC(C)(C)c1c(-c2ccccc2)ccc2sc3ccccc3c12.[2H]c1c([2H])c(C)c([2H])c(-c2ccc3c(oc4ccccc43)c2C(C)(C)C)c1[2H].[2H]c1c([2H])c(C)c([2H])c(-c2ccc3c(sc4ccccc43)c2C(C)(C)C)c1[2H].[2H]c1c([2H])c(C)c([2H])c(-c2ccc3oc4ccccc4c3c2C(C)(C)C)c1[2H].[2H]c1c([2H])c(C)c([2H])c(-c2ccc3sc4ccccc4c3c2C(C)(C)C)c1[2H].